The van der Waals surface area contributed by atoms with Gasteiger partial charge in [0.25, 0.3) is 0 Å². The Balaban J connectivity index is 0.000000318. The van der Waals surface area contributed by atoms with E-state index in [2.05, 4.69) is 132 Å². The van der Waals surface area contributed by atoms with Crippen molar-refractivity contribution in [3.8, 4) is 0 Å². The van der Waals surface area contributed by atoms with E-state index >= 15 is 0 Å². The molecule has 0 saturated heterocycles. The van der Waals surface area contributed by atoms with Crippen LogP contribution in [-0.4, -0.2) is 25.5 Å². The average Bonchev–Trinajstić information content (AvgIpc) is 2.89. The van der Waals surface area contributed by atoms with Crippen molar-refractivity contribution in [1.29, 1.82) is 0 Å². The fraction of sp³-hybridized carbons (Fsp3) is 0.172. The number of rotatable bonds is 4. The summed E-state index contributed by atoms with van der Waals surface area (Å²) in [5.74, 6) is 0. The molecule has 1 aliphatic carbocycles. The maximum Gasteiger partial charge on any atom is 0.0638 e. The molecule has 4 nitrogen and oxygen atoms in total. The largest absolute Gasteiger partial charge is 0.388 e. The van der Waals surface area contributed by atoms with E-state index in [4.69, 9.17) is 0 Å². The van der Waals surface area contributed by atoms with Crippen molar-refractivity contribution in [1.82, 2.24) is 0 Å². The van der Waals surface area contributed by atoms with E-state index in [1.807, 2.05) is 43.5 Å². The van der Waals surface area contributed by atoms with Crippen LogP contribution in [0.3, 0.4) is 0 Å². The third kappa shape index (κ3) is 11.2. The lowest BCUT2D eigenvalue weighted by molar-refractivity contribution is 1.43. The molecule has 0 aromatic heterocycles. The molecule has 0 radical (unpaired) electrons. The van der Waals surface area contributed by atoms with Crippen LogP contribution in [0.15, 0.2) is 107 Å². The topological polar surface area (TPSA) is 48.8 Å². The van der Waals surface area contributed by atoms with E-state index < -0.39 is 0 Å². The summed E-state index contributed by atoms with van der Waals surface area (Å²) in [6, 6.07) is 24.8. The van der Waals surface area contributed by atoms with Crippen LogP contribution in [0.25, 0.3) is 0 Å². The Kier molecular flexibility index (Phi) is 14.9. The first-order valence-corrected chi connectivity index (χ1v) is 17.1. The van der Waals surface area contributed by atoms with Crippen LogP contribution in [0.2, 0.25) is 0 Å². The first-order valence-electron chi connectivity index (χ1n) is 10.8. The summed E-state index contributed by atoms with van der Waals surface area (Å²) < 4.78 is 0. The number of anilines is 3. The zero-order valence-corrected chi connectivity index (χ0v) is 24.2. The normalized spacial score (nSPS) is 11.1. The van der Waals surface area contributed by atoms with Gasteiger partial charge in [0.2, 0.25) is 0 Å². The Hall–Kier alpha value is -2.46. The lowest BCUT2D eigenvalue weighted by atomic mass is 10.1. The van der Waals surface area contributed by atoms with E-state index in [0.29, 0.717) is 0 Å². The van der Waals surface area contributed by atoms with Gasteiger partial charge in [-0.15, -0.1) is 0 Å². The molecule has 0 heterocycles. The molecule has 4 rings (SSSR count). The van der Waals surface area contributed by atoms with Crippen LogP contribution < -0.4 is 10.6 Å². The first kappa shape index (κ1) is 30.6. The number of benzene rings is 3. The number of aryl methyl sites for hydroxylation is 2. The van der Waals surface area contributed by atoms with Gasteiger partial charge in [-0.3, -0.25) is 4.99 Å². The van der Waals surface area contributed by atoms with E-state index in [9.17, 15) is 0 Å². The standard InChI is InChI=1S/C14H16N2.C14H14N2.CH4.I2/c2*1-11-3-5-13(6-4-11)16-14-9-7-12(15-2)8-10-14;;1-2/h3-10,15-16H,1-2H3;3-10H,1-2H3;1H4;. The highest BCUT2D eigenvalue weighted by Gasteiger charge is 1.98. The van der Waals surface area contributed by atoms with E-state index in [1.54, 1.807) is 7.05 Å². The molecular formula is C29H34I2N4. The van der Waals surface area contributed by atoms with Gasteiger partial charge in [-0.1, -0.05) is 42.8 Å². The monoisotopic (exact) mass is 692 g/mol. The van der Waals surface area contributed by atoms with Crippen molar-refractivity contribution < 1.29 is 0 Å². The van der Waals surface area contributed by atoms with Gasteiger partial charge in [-0.25, -0.2) is 4.99 Å². The molecule has 1 aliphatic rings. The van der Waals surface area contributed by atoms with Crippen molar-refractivity contribution in [2.24, 2.45) is 9.98 Å². The van der Waals surface area contributed by atoms with Crippen molar-refractivity contribution in [2.45, 2.75) is 21.3 Å². The number of hydrogen-bond acceptors (Lipinski definition) is 4. The van der Waals surface area contributed by atoms with E-state index in [0.717, 1.165) is 34.2 Å². The molecule has 0 spiro atoms. The van der Waals surface area contributed by atoms with Gasteiger partial charge in [0.1, 0.15) is 0 Å². The molecule has 0 saturated carbocycles. The molecule has 0 atom stereocenters. The fourth-order valence-electron chi connectivity index (χ4n) is 2.97. The number of allylic oxidation sites excluding steroid dienone is 4. The maximum absolute atomic E-state index is 4.52. The lowest BCUT2D eigenvalue weighted by Gasteiger charge is -2.07. The predicted molar refractivity (Wildman–Crippen MR) is 175 cm³/mol. The van der Waals surface area contributed by atoms with E-state index in [1.165, 1.54) is 11.1 Å². The summed E-state index contributed by atoms with van der Waals surface area (Å²) in [6.07, 6.45) is 7.88. The average molecular weight is 692 g/mol. The van der Waals surface area contributed by atoms with Crippen molar-refractivity contribution >= 4 is 71.4 Å². The Morgan fingerprint density at radius 1 is 0.600 bits per heavy atom. The quantitative estimate of drug-likeness (QED) is 0.212. The van der Waals surface area contributed by atoms with Crippen LogP contribution in [0.1, 0.15) is 18.6 Å². The fourth-order valence-corrected chi connectivity index (χ4v) is 2.97. The Morgan fingerprint density at radius 3 is 1.46 bits per heavy atom. The predicted octanol–water partition coefficient (Wildman–Crippen LogP) is 9.45. The maximum atomic E-state index is 4.52. The summed E-state index contributed by atoms with van der Waals surface area (Å²) in [5, 5.41) is 6.45. The third-order valence-electron chi connectivity index (χ3n) is 4.91. The van der Waals surface area contributed by atoms with Crippen LogP contribution in [0.4, 0.5) is 22.7 Å². The zero-order valence-electron chi connectivity index (χ0n) is 19.9. The minimum absolute atomic E-state index is 0. The number of nitrogens with zero attached hydrogens (tertiary/aromatic N) is 2. The molecule has 0 bridgehead atoms. The van der Waals surface area contributed by atoms with Crippen LogP contribution >= 0.6 is 37.2 Å². The molecule has 0 amide bonds. The second-order valence-electron chi connectivity index (χ2n) is 7.51. The highest BCUT2D eigenvalue weighted by Crippen LogP contribution is 2.19. The van der Waals surface area contributed by atoms with Gasteiger partial charge in [-0.2, -0.15) is 0 Å². The number of hydrogen-bond donors (Lipinski definition) is 2. The molecule has 0 unspecified atom stereocenters. The van der Waals surface area contributed by atoms with Crippen LogP contribution in [0, 0.1) is 13.8 Å². The molecule has 35 heavy (non-hydrogen) atoms. The second-order valence-corrected chi connectivity index (χ2v) is 7.51. The van der Waals surface area contributed by atoms with Crippen LogP contribution in [-0.2, 0) is 0 Å². The molecule has 0 aliphatic heterocycles. The Bertz CT molecular complexity index is 1110. The number of nitrogens with one attached hydrogen (secondary N) is 2. The molecule has 2 N–H and O–H groups in total. The first-order chi connectivity index (χ1) is 16.6. The van der Waals surface area contributed by atoms with E-state index in [-0.39, 0.29) is 7.43 Å². The van der Waals surface area contributed by atoms with Crippen molar-refractivity contribution in [2.75, 3.05) is 24.7 Å². The SMILES string of the molecule is C.CN=C1C=CC(=Nc2ccc(C)cc2)C=C1.CNc1ccc(Nc2ccc(C)cc2)cc1.II. The second kappa shape index (κ2) is 17.0. The summed E-state index contributed by atoms with van der Waals surface area (Å²) in [6.45, 7) is 4.16. The van der Waals surface area contributed by atoms with Crippen molar-refractivity contribution in [3.05, 3.63) is 108 Å². The van der Waals surface area contributed by atoms with Gasteiger partial charge < -0.3 is 10.6 Å². The van der Waals surface area contributed by atoms with Gasteiger partial charge >= 0.3 is 0 Å². The summed E-state index contributed by atoms with van der Waals surface area (Å²) in [7, 11) is 3.70. The smallest absolute Gasteiger partial charge is 0.0638 e. The highest BCUT2D eigenvalue weighted by atomic mass is 128. The Morgan fingerprint density at radius 2 is 1.00 bits per heavy atom. The third-order valence-corrected chi connectivity index (χ3v) is 4.91. The van der Waals surface area contributed by atoms with Gasteiger partial charge in [0.05, 0.1) is 17.1 Å². The van der Waals surface area contributed by atoms with Gasteiger partial charge in [0.15, 0.2) is 0 Å². The minimum atomic E-state index is 0. The summed E-state index contributed by atoms with van der Waals surface area (Å²) >= 11 is 4.24. The number of halogens is 2. The highest BCUT2D eigenvalue weighted by molar-refractivity contribution is 15.0. The molecule has 0 fully saturated rings. The molecule has 184 valence electrons. The van der Waals surface area contributed by atoms with Crippen LogP contribution in [0.5, 0.6) is 0 Å². The Labute approximate surface area is 234 Å². The molecule has 6 heteroatoms. The zero-order chi connectivity index (χ0) is 24.8. The van der Waals surface area contributed by atoms with Gasteiger partial charge in [-0.05, 0) is 86.7 Å². The van der Waals surface area contributed by atoms with Crippen molar-refractivity contribution in [3.63, 3.8) is 0 Å². The molecular weight excluding hydrogens is 658 g/mol. The number of aliphatic imine (C=N–C) groups is 2. The van der Waals surface area contributed by atoms with Gasteiger partial charge in [0, 0.05) is 68.4 Å². The minimum Gasteiger partial charge on any atom is -0.388 e. The summed E-state index contributed by atoms with van der Waals surface area (Å²) in [4.78, 5) is 8.60. The summed E-state index contributed by atoms with van der Waals surface area (Å²) in [5.41, 5.74) is 8.76. The molecule has 3 aromatic rings. The lowest BCUT2D eigenvalue weighted by Crippen LogP contribution is -1.99. The molecule has 3 aromatic carbocycles.